The average Bonchev–Trinajstić information content (AvgIpc) is 2.70. The Hall–Kier alpha value is -2.37. The van der Waals surface area contributed by atoms with Gasteiger partial charge in [-0.3, -0.25) is 4.79 Å². The number of aliphatic carboxylic acids is 1. The van der Waals surface area contributed by atoms with Crippen LogP contribution in [0.2, 0.25) is 0 Å². The quantitative estimate of drug-likeness (QED) is 0.476. The minimum absolute atomic E-state index is 0.0125. The molecular weight excluding hydrogens is 300 g/mol. The van der Waals surface area contributed by atoms with E-state index >= 15 is 0 Å². The molecule has 1 saturated heterocycles. The number of allylic oxidation sites excluding steroid dienone is 2. The van der Waals surface area contributed by atoms with Crippen LogP contribution in [0.3, 0.4) is 0 Å². The van der Waals surface area contributed by atoms with Gasteiger partial charge in [-0.1, -0.05) is 18.2 Å². The number of esters is 2. The molecule has 0 amide bonds. The van der Waals surface area contributed by atoms with E-state index < -0.39 is 36.0 Å². The van der Waals surface area contributed by atoms with Gasteiger partial charge in [-0.2, -0.15) is 0 Å². The first kappa shape index (κ1) is 17.0. The molecule has 0 aromatic rings. The smallest absolute Gasteiger partial charge is 0.334 e. The maximum absolute atomic E-state index is 11.9. The van der Waals surface area contributed by atoms with Gasteiger partial charge in [0.15, 0.2) is 0 Å². The summed E-state index contributed by atoms with van der Waals surface area (Å²) < 4.78 is 10.6. The molecule has 0 saturated carbocycles. The van der Waals surface area contributed by atoms with E-state index in [0.29, 0.717) is 12.8 Å². The highest BCUT2D eigenvalue weighted by molar-refractivity contribution is 5.91. The summed E-state index contributed by atoms with van der Waals surface area (Å²) in [4.78, 5) is 34.7. The fraction of sp³-hybridized carbons (Fsp3) is 0.471. The second-order valence-electron chi connectivity index (χ2n) is 5.86. The Bertz CT molecular complexity index is 613. The highest BCUT2D eigenvalue weighted by atomic mass is 16.6. The normalized spacial score (nSPS) is 32.7. The van der Waals surface area contributed by atoms with Crippen molar-refractivity contribution in [3.8, 4) is 0 Å². The molecule has 2 aliphatic rings. The lowest BCUT2D eigenvalue weighted by Crippen LogP contribution is -2.33. The minimum atomic E-state index is -1.06. The molecule has 1 fully saturated rings. The molecule has 0 spiro atoms. The van der Waals surface area contributed by atoms with Gasteiger partial charge in [0.1, 0.15) is 12.2 Å². The SMILES string of the molecule is C=C1C(=O)O[C@@H]2/C=C(\C)CC/C=C(\C(=O)O)C[C@@H](OC(C)=O)[C@@H]12. The molecule has 0 radical (unpaired) electrons. The molecule has 3 atom stereocenters. The molecule has 23 heavy (non-hydrogen) atoms. The largest absolute Gasteiger partial charge is 0.478 e. The highest BCUT2D eigenvalue weighted by Crippen LogP contribution is 2.36. The summed E-state index contributed by atoms with van der Waals surface area (Å²) >= 11 is 0. The Morgan fingerprint density at radius 1 is 1.43 bits per heavy atom. The van der Waals surface area contributed by atoms with Crippen molar-refractivity contribution < 1.29 is 29.0 Å². The molecule has 0 aromatic carbocycles. The van der Waals surface area contributed by atoms with E-state index in [9.17, 15) is 19.5 Å². The van der Waals surface area contributed by atoms with E-state index in [4.69, 9.17) is 9.47 Å². The van der Waals surface area contributed by atoms with E-state index in [1.54, 1.807) is 6.08 Å². The van der Waals surface area contributed by atoms with Gasteiger partial charge in [-0.05, 0) is 25.8 Å². The lowest BCUT2D eigenvalue weighted by molar-refractivity contribution is -0.150. The number of carbonyl (C=O) groups excluding carboxylic acids is 2. The molecular formula is C17H20O6. The molecule has 0 unspecified atom stereocenters. The summed E-state index contributed by atoms with van der Waals surface area (Å²) in [6, 6.07) is 0. The first-order valence-corrected chi connectivity index (χ1v) is 7.46. The third-order valence-electron chi connectivity index (χ3n) is 4.05. The number of rotatable bonds is 2. The van der Waals surface area contributed by atoms with E-state index in [1.165, 1.54) is 6.92 Å². The third-order valence-corrected chi connectivity index (χ3v) is 4.05. The maximum Gasteiger partial charge on any atom is 0.334 e. The molecule has 1 heterocycles. The number of carboxylic acid groups (broad SMARTS) is 1. The van der Waals surface area contributed by atoms with Crippen LogP contribution in [0.5, 0.6) is 0 Å². The zero-order chi connectivity index (χ0) is 17.1. The molecule has 6 nitrogen and oxygen atoms in total. The number of carbonyl (C=O) groups is 3. The molecule has 124 valence electrons. The van der Waals surface area contributed by atoms with E-state index in [2.05, 4.69) is 6.58 Å². The van der Waals surface area contributed by atoms with Crippen LogP contribution in [-0.2, 0) is 23.9 Å². The first-order valence-electron chi connectivity index (χ1n) is 7.46. The molecule has 0 aromatic heterocycles. The van der Waals surface area contributed by atoms with Crippen LogP contribution in [0.15, 0.2) is 35.5 Å². The van der Waals surface area contributed by atoms with Gasteiger partial charge in [-0.15, -0.1) is 0 Å². The zero-order valence-electron chi connectivity index (χ0n) is 13.2. The number of carboxylic acids is 1. The second-order valence-corrected chi connectivity index (χ2v) is 5.86. The van der Waals surface area contributed by atoms with Gasteiger partial charge in [0.2, 0.25) is 0 Å². The van der Waals surface area contributed by atoms with Gasteiger partial charge in [0, 0.05) is 24.5 Å². The van der Waals surface area contributed by atoms with Gasteiger partial charge < -0.3 is 14.6 Å². The Morgan fingerprint density at radius 2 is 2.13 bits per heavy atom. The van der Waals surface area contributed by atoms with Crippen LogP contribution < -0.4 is 0 Å². The van der Waals surface area contributed by atoms with Crippen molar-refractivity contribution >= 4 is 17.9 Å². The average molecular weight is 320 g/mol. The monoisotopic (exact) mass is 320 g/mol. The van der Waals surface area contributed by atoms with Crippen molar-refractivity contribution in [3.05, 3.63) is 35.5 Å². The van der Waals surface area contributed by atoms with Crippen LogP contribution in [0.4, 0.5) is 0 Å². The fourth-order valence-electron chi connectivity index (χ4n) is 2.95. The first-order chi connectivity index (χ1) is 10.8. The van der Waals surface area contributed by atoms with Crippen molar-refractivity contribution in [1.29, 1.82) is 0 Å². The predicted octanol–water partition coefficient (Wildman–Crippen LogP) is 2.16. The summed E-state index contributed by atoms with van der Waals surface area (Å²) in [6.07, 6.45) is 3.31. The number of hydrogen-bond donors (Lipinski definition) is 1. The van der Waals surface area contributed by atoms with Gasteiger partial charge in [-0.25, -0.2) is 9.59 Å². The van der Waals surface area contributed by atoms with E-state index in [1.807, 2.05) is 13.0 Å². The van der Waals surface area contributed by atoms with Gasteiger partial charge >= 0.3 is 17.9 Å². The molecule has 1 N–H and O–H groups in total. The Kier molecular flexibility index (Phi) is 5.03. The van der Waals surface area contributed by atoms with Crippen molar-refractivity contribution in [2.45, 2.75) is 45.3 Å². The lowest BCUT2D eigenvalue weighted by Gasteiger charge is -2.26. The van der Waals surface area contributed by atoms with Crippen molar-refractivity contribution in [2.24, 2.45) is 5.92 Å². The van der Waals surface area contributed by atoms with Crippen LogP contribution in [-0.4, -0.2) is 35.2 Å². The Morgan fingerprint density at radius 3 is 2.74 bits per heavy atom. The molecule has 1 aliphatic carbocycles. The lowest BCUT2D eigenvalue weighted by atomic mass is 9.85. The molecule has 6 heteroatoms. The number of fused-ring (bicyclic) bond motifs is 1. The minimum Gasteiger partial charge on any atom is -0.478 e. The van der Waals surface area contributed by atoms with Crippen molar-refractivity contribution in [3.63, 3.8) is 0 Å². The van der Waals surface area contributed by atoms with Gasteiger partial charge in [0.05, 0.1) is 5.92 Å². The summed E-state index contributed by atoms with van der Waals surface area (Å²) in [5, 5.41) is 9.35. The van der Waals surface area contributed by atoms with Crippen LogP contribution in [0, 0.1) is 5.92 Å². The van der Waals surface area contributed by atoms with Crippen LogP contribution in [0.25, 0.3) is 0 Å². The summed E-state index contributed by atoms with van der Waals surface area (Å²) in [5.74, 6) is -2.72. The standard InChI is InChI=1S/C17H20O6/c1-9-5-4-6-12(16(19)20)8-14(22-11(3)18)15-10(2)17(21)23-13(15)7-9/h6-7,13-15H,2,4-5,8H2,1,3H3,(H,19,20)/b9-7+,12-6-/t13-,14-,15+/m1/s1. The summed E-state index contributed by atoms with van der Waals surface area (Å²) in [6.45, 7) is 6.88. The van der Waals surface area contributed by atoms with Crippen LogP contribution in [0.1, 0.15) is 33.1 Å². The Balaban J connectivity index is 2.45. The highest BCUT2D eigenvalue weighted by Gasteiger charge is 2.44. The van der Waals surface area contributed by atoms with Crippen molar-refractivity contribution in [2.75, 3.05) is 0 Å². The van der Waals surface area contributed by atoms with Gasteiger partial charge in [0.25, 0.3) is 0 Å². The van der Waals surface area contributed by atoms with Crippen LogP contribution >= 0.6 is 0 Å². The zero-order valence-corrected chi connectivity index (χ0v) is 13.2. The molecule has 2 rings (SSSR count). The van der Waals surface area contributed by atoms with E-state index in [-0.39, 0.29) is 17.6 Å². The third kappa shape index (κ3) is 3.88. The van der Waals surface area contributed by atoms with E-state index in [0.717, 1.165) is 5.57 Å². The molecule has 1 aliphatic heterocycles. The second kappa shape index (κ2) is 6.81. The predicted molar refractivity (Wildman–Crippen MR) is 81.4 cm³/mol. The fourth-order valence-corrected chi connectivity index (χ4v) is 2.95. The molecule has 0 bridgehead atoms. The maximum atomic E-state index is 11.9. The Labute approximate surface area is 134 Å². The topological polar surface area (TPSA) is 89.9 Å². The summed E-state index contributed by atoms with van der Waals surface area (Å²) in [5.41, 5.74) is 1.35. The number of ether oxygens (including phenoxy) is 2. The number of hydrogen-bond acceptors (Lipinski definition) is 5. The summed E-state index contributed by atoms with van der Waals surface area (Å²) in [7, 11) is 0. The van der Waals surface area contributed by atoms with Crippen molar-refractivity contribution in [1.82, 2.24) is 0 Å².